The fourth-order valence-corrected chi connectivity index (χ4v) is 2.07. The molecule has 2 aromatic rings. The summed E-state index contributed by atoms with van der Waals surface area (Å²) in [6.45, 7) is 3.80. The maximum Gasteiger partial charge on any atom is 0.255 e. The van der Waals surface area contributed by atoms with Crippen molar-refractivity contribution in [2.24, 2.45) is 0 Å². The number of methoxy groups -OCH3 is 1. The molecule has 1 N–H and O–H groups in total. The summed E-state index contributed by atoms with van der Waals surface area (Å²) in [4.78, 5) is 12.2. The first-order valence-electron chi connectivity index (χ1n) is 6.24. The second-order valence-corrected chi connectivity index (χ2v) is 4.96. The molecule has 0 saturated carbocycles. The SMILES string of the molecule is COc1cc(C(=O)Nc2cccc(Cl)c2C)ccc1C. The van der Waals surface area contributed by atoms with Gasteiger partial charge in [0.15, 0.2) is 0 Å². The van der Waals surface area contributed by atoms with Gasteiger partial charge in [0.2, 0.25) is 0 Å². The summed E-state index contributed by atoms with van der Waals surface area (Å²) in [5, 5.41) is 3.49. The van der Waals surface area contributed by atoms with Crippen molar-refractivity contribution < 1.29 is 9.53 Å². The van der Waals surface area contributed by atoms with E-state index in [1.54, 1.807) is 31.4 Å². The first-order chi connectivity index (χ1) is 9.52. The molecule has 1 amide bonds. The highest BCUT2D eigenvalue weighted by Crippen LogP contribution is 2.24. The van der Waals surface area contributed by atoms with Crippen LogP contribution in [0.3, 0.4) is 0 Å². The first-order valence-corrected chi connectivity index (χ1v) is 6.62. The standard InChI is InChI=1S/C16H16ClNO2/c1-10-7-8-12(9-15(10)20-3)16(19)18-14-6-4-5-13(17)11(14)2/h4-9H,1-3H3,(H,18,19). The second-order valence-electron chi connectivity index (χ2n) is 4.55. The third-order valence-electron chi connectivity index (χ3n) is 3.19. The Hall–Kier alpha value is -2.00. The molecule has 0 aromatic heterocycles. The van der Waals surface area contributed by atoms with Crippen LogP contribution in [0.2, 0.25) is 5.02 Å². The molecule has 0 unspecified atom stereocenters. The number of rotatable bonds is 3. The molecule has 0 heterocycles. The normalized spacial score (nSPS) is 10.2. The number of amides is 1. The third-order valence-corrected chi connectivity index (χ3v) is 3.60. The van der Waals surface area contributed by atoms with E-state index in [0.29, 0.717) is 22.0 Å². The van der Waals surface area contributed by atoms with Crippen molar-refractivity contribution in [3.05, 3.63) is 58.1 Å². The molecule has 0 bridgehead atoms. The molecule has 0 aliphatic heterocycles. The van der Waals surface area contributed by atoms with Gasteiger partial charge >= 0.3 is 0 Å². The zero-order valence-electron chi connectivity index (χ0n) is 11.7. The third kappa shape index (κ3) is 2.94. The number of halogens is 1. The van der Waals surface area contributed by atoms with Crippen LogP contribution in [0.5, 0.6) is 5.75 Å². The highest BCUT2D eigenvalue weighted by molar-refractivity contribution is 6.31. The van der Waals surface area contributed by atoms with Crippen LogP contribution in [0.4, 0.5) is 5.69 Å². The van der Waals surface area contributed by atoms with Gasteiger partial charge in [-0.15, -0.1) is 0 Å². The fourth-order valence-electron chi connectivity index (χ4n) is 1.90. The molecule has 2 rings (SSSR count). The number of hydrogen-bond donors (Lipinski definition) is 1. The van der Waals surface area contributed by atoms with E-state index in [1.165, 1.54) is 0 Å². The van der Waals surface area contributed by atoms with Crippen molar-refractivity contribution in [1.29, 1.82) is 0 Å². The lowest BCUT2D eigenvalue weighted by Crippen LogP contribution is -2.13. The number of nitrogens with one attached hydrogen (secondary N) is 1. The summed E-state index contributed by atoms with van der Waals surface area (Å²) in [6, 6.07) is 10.8. The molecule has 3 nitrogen and oxygen atoms in total. The van der Waals surface area contributed by atoms with Gasteiger partial charge in [-0.05, 0) is 49.2 Å². The summed E-state index contributed by atoms with van der Waals surface area (Å²) in [5.41, 5.74) is 3.10. The predicted octanol–water partition coefficient (Wildman–Crippen LogP) is 4.22. The van der Waals surface area contributed by atoms with E-state index >= 15 is 0 Å². The van der Waals surface area contributed by atoms with Crippen LogP contribution in [-0.4, -0.2) is 13.0 Å². The molecule has 0 atom stereocenters. The van der Waals surface area contributed by atoms with Crippen molar-refractivity contribution in [3.8, 4) is 5.75 Å². The number of ether oxygens (including phenoxy) is 1. The lowest BCUT2D eigenvalue weighted by Gasteiger charge is -2.11. The van der Waals surface area contributed by atoms with Gasteiger partial charge in [0.25, 0.3) is 5.91 Å². The van der Waals surface area contributed by atoms with E-state index in [1.807, 2.05) is 26.0 Å². The highest BCUT2D eigenvalue weighted by Gasteiger charge is 2.11. The van der Waals surface area contributed by atoms with Crippen LogP contribution in [0, 0.1) is 13.8 Å². The lowest BCUT2D eigenvalue weighted by atomic mass is 10.1. The zero-order valence-corrected chi connectivity index (χ0v) is 12.4. The quantitative estimate of drug-likeness (QED) is 0.919. The molecule has 0 fully saturated rings. The molecule has 2 aromatic carbocycles. The Balaban J connectivity index is 2.26. The van der Waals surface area contributed by atoms with Gasteiger partial charge in [-0.1, -0.05) is 23.7 Å². The molecule has 0 radical (unpaired) electrons. The molecule has 4 heteroatoms. The number of carbonyl (C=O) groups excluding carboxylic acids is 1. The minimum absolute atomic E-state index is 0.186. The Labute approximate surface area is 123 Å². The predicted molar refractivity (Wildman–Crippen MR) is 81.9 cm³/mol. The van der Waals surface area contributed by atoms with Crippen LogP contribution in [0.25, 0.3) is 0 Å². The smallest absolute Gasteiger partial charge is 0.255 e. The van der Waals surface area contributed by atoms with Gasteiger partial charge < -0.3 is 10.1 Å². The second kappa shape index (κ2) is 5.97. The number of anilines is 1. The Morgan fingerprint density at radius 2 is 1.95 bits per heavy atom. The average molecular weight is 290 g/mol. The van der Waals surface area contributed by atoms with Crippen molar-refractivity contribution >= 4 is 23.2 Å². The van der Waals surface area contributed by atoms with Crippen LogP contribution in [0.1, 0.15) is 21.5 Å². The Kier molecular flexibility index (Phi) is 4.30. The van der Waals surface area contributed by atoms with Crippen LogP contribution in [-0.2, 0) is 0 Å². The van der Waals surface area contributed by atoms with E-state index in [2.05, 4.69) is 5.32 Å². The molecule has 0 saturated heterocycles. The molecule has 20 heavy (non-hydrogen) atoms. The van der Waals surface area contributed by atoms with Gasteiger partial charge in [-0.2, -0.15) is 0 Å². The monoisotopic (exact) mass is 289 g/mol. The van der Waals surface area contributed by atoms with Gasteiger partial charge in [-0.25, -0.2) is 0 Å². The fraction of sp³-hybridized carbons (Fsp3) is 0.188. The van der Waals surface area contributed by atoms with E-state index < -0.39 is 0 Å². The maximum absolute atomic E-state index is 12.2. The topological polar surface area (TPSA) is 38.3 Å². The average Bonchev–Trinajstić information content (AvgIpc) is 2.44. The van der Waals surface area contributed by atoms with Gasteiger partial charge in [0.05, 0.1) is 7.11 Å². The molecule has 104 valence electrons. The molecule has 0 aliphatic carbocycles. The Morgan fingerprint density at radius 3 is 2.65 bits per heavy atom. The van der Waals surface area contributed by atoms with Gasteiger partial charge in [0, 0.05) is 16.3 Å². The molecule has 0 aliphatic rings. The van der Waals surface area contributed by atoms with Crippen molar-refractivity contribution in [3.63, 3.8) is 0 Å². The van der Waals surface area contributed by atoms with Crippen molar-refractivity contribution in [2.45, 2.75) is 13.8 Å². The number of hydrogen-bond acceptors (Lipinski definition) is 2. The minimum Gasteiger partial charge on any atom is -0.496 e. The summed E-state index contributed by atoms with van der Waals surface area (Å²) in [7, 11) is 1.59. The van der Waals surface area contributed by atoms with Crippen LogP contribution < -0.4 is 10.1 Å². The molecular weight excluding hydrogens is 274 g/mol. The van der Waals surface area contributed by atoms with E-state index in [4.69, 9.17) is 16.3 Å². The molecular formula is C16H16ClNO2. The maximum atomic E-state index is 12.2. The van der Waals surface area contributed by atoms with Crippen LogP contribution in [0.15, 0.2) is 36.4 Å². The number of benzene rings is 2. The van der Waals surface area contributed by atoms with E-state index in [-0.39, 0.29) is 5.91 Å². The summed E-state index contributed by atoms with van der Waals surface area (Å²) >= 11 is 6.04. The van der Waals surface area contributed by atoms with Crippen LogP contribution >= 0.6 is 11.6 Å². The summed E-state index contributed by atoms with van der Waals surface area (Å²) in [5.74, 6) is 0.508. The highest BCUT2D eigenvalue weighted by atomic mass is 35.5. The largest absolute Gasteiger partial charge is 0.496 e. The minimum atomic E-state index is -0.186. The Morgan fingerprint density at radius 1 is 1.20 bits per heavy atom. The van der Waals surface area contributed by atoms with Crippen molar-refractivity contribution in [2.75, 3.05) is 12.4 Å². The van der Waals surface area contributed by atoms with Crippen molar-refractivity contribution in [1.82, 2.24) is 0 Å². The first kappa shape index (κ1) is 14.4. The molecule has 0 spiro atoms. The Bertz CT molecular complexity index is 653. The van der Waals surface area contributed by atoms with Gasteiger partial charge in [0.1, 0.15) is 5.75 Å². The number of carbonyl (C=O) groups is 1. The summed E-state index contributed by atoms with van der Waals surface area (Å²) in [6.07, 6.45) is 0. The van der Waals surface area contributed by atoms with Gasteiger partial charge in [-0.3, -0.25) is 4.79 Å². The van der Waals surface area contributed by atoms with E-state index in [9.17, 15) is 4.79 Å². The summed E-state index contributed by atoms with van der Waals surface area (Å²) < 4.78 is 5.23. The zero-order chi connectivity index (χ0) is 14.7. The lowest BCUT2D eigenvalue weighted by molar-refractivity contribution is 0.102. The number of aryl methyl sites for hydroxylation is 1. The van der Waals surface area contributed by atoms with E-state index in [0.717, 1.165) is 11.1 Å².